The summed E-state index contributed by atoms with van der Waals surface area (Å²) in [6, 6.07) is 5.36. The van der Waals surface area contributed by atoms with Gasteiger partial charge in [0.25, 0.3) is 0 Å². The van der Waals surface area contributed by atoms with Crippen molar-refractivity contribution in [2.75, 3.05) is 13.7 Å². The summed E-state index contributed by atoms with van der Waals surface area (Å²) in [6.07, 6.45) is 2.05. The van der Waals surface area contributed by atoms with Crippen molar-refractivity contribution in [3.05, 3.63) is 28.2 Å². The quantitative estimate of drug-likeness (QED) is 0.896. The Labute approximate surface area is 131 Å². The number of amides is 2. The maximum Gasteiger partial charge on any atom is 0.246 e. The second kappa shape index (κ2) is 5.67. The molecule has 2 aliphatic rings. The zero-order valence-electron chi connectivity index (χ0n) is 11.8. The summed E-state index contributed by atoms with van der Waals surface area (Å²) in [5.41, 5.74) is 0.972. The van der Waals surface area contributed by atoms with Crippen LogP contribution in [-0.2, 0) is 16.1 Å². The van der Waals surface area contributed by atoms with Gasteiger partial charge in [0.15, 0.2) is 0 Å². The minimum absolute atomic E-state index is 0.0315. The maximum absolute atomic E-state index is 12.4. The first-order valence-electron chi connectivity index (χ1n) is 6.99. The molecule has 1 aliphatic carbocycles. The molecule has 1 aliphatic heterocycles. The van der Waals surface area contributed by atoms with Crippen molar-refractivity contribution in [3.63, 3.8) is 0 Å². The first kappa shape index (κ1) is 14.4. The summed E-state index contributed by atoms with van der Waals surface area (Å²) in [5, 5.41) is 2.81. The predicted octanol–water partition coefficient (Wildman–Crippen LogP) is 1.69. The minimum Gasteiger partial charge on any atom is -0.496 e. The van der Waals surface area contributed by atoms with Gasteiger partial charge in [0, 0.05) is 6.54 Å². The number of ether oxygens (including phenoxy) is 1. The molecule has 3 rings (SSSR count). The lowest BCUT2D eigenvalue weighted by molar-refractivity contribution is -0.145. The highest BCUT2D eigenvalue weighted by atomic mass is 79.9. The third-order valence-electron chi connectivity index (χ3n) is 3.91. The van der Waals surface area contributed by atoms with Gasteiger partial charge in [0.1, 0.15) is 11.8 Å². The largest absolute Gasteiger partial charge is 0.496 e. The molecule has 1 unspecified atom stereocenters. The topological polar surface area (TPSA) is 58.6 Å². The summed E-state index contributed by atoms with van der Waals surface area (Å²) in [5.74, 6) is 1.03. The van der Waals surface area contributed by atoms with E-state index in [4.69, 9.17) is 4.74 Å². The van der Waals surface area contributed by atoms with Crippen molar-refractivity contribution in [2.24, 2.45) is 5.92 Å². The Bertz CT molecular complexity index is 586. The summed E-state index contributed by atoms with van der Waals surface area (Å²) in [7, 11) is 1.61. The van der Waals surface area contributed by atoms with Crippen LogP contribution in [-0.4, -0.2) is 36.4 Å². The van der Waals surface area contributed by atoms with Gasteiger partial charge in [0.05, 0.1) is 18.1 Å². The highest BCUT2D eigenvalue weighted by Gasteiger charge is 2.42. The highest BCUT2D eigenvalue weighted by molar-refractivity contribution is 9.10. The lowest BCUT2D eigenvalue weighted by Gasteiger charge is -2.32. The fourth-order valence-electron chi connectivity index (χ4n) is 2.64. The van der Waals surface area contributed by atoms with Crippen LogP contribution in [0.1, 0.15) is 18.4 Å². The van der Waals surface area contributed by atoms with Gasteiger partial charge in [-0.25, -0.2) is 0 Å². The molecule has 0 bridgehead atoms. The van der Waals surface area contributed by atoms with Crippen molar-refractivity contribution in [1.82, 2.24) is 10.2 Å². The Kier molecular flexibility index (Phi) is 3.89. The van der Waals surface area contributed by atoms with E-state index in [1.54, 1.807) is 12.0 Å². The Balaban J connectivity index is 1.75. The fraction of sp³-hybridized carbons (Fsp3) is 0.467. The monoisotopic (exact) mass is 352 g/mol. The zero-order chi connectivity index (χ0) is 15.0. The summed E-state index contributed by atoms with van der Waals surface area (Å²) in [4.78, 5) is 25.9. The number of methoxy groups -OCH3 is 1. The van der Waals surface area contributed by atoms with Gasteiger partial charge >= 0.3 is 0 Å². The minimum atomic E-state index is -0.326. The van der Waals surface area contributed by atoms with E-state index in [1.165, 1.54) is 0 Å². The van der Waals surface area contributed by atoms with Gasteiger partial charge in [-0.2, -0.15) is 0 Å². The van der Waals surface area contributed by atoms with Crippen LogP contribution >= 0.6 is 15.9 Å². The van der Waals surface area contributed by atoms with Gasteiger partial charge in [-0.05, 0) is 52.4 Å². The third kappa shape index (κ3) is 3.05. The molecule has 0 radical (unpaired) electrons. The summed E-state index contributed by atoms with van der Waals surface area (Å²) in [6.45, 7) is 0.573. The van der Waals surface area contributed by atoms with Crippen LogP contribution in [0.3, 0.4) is 0 Å². The average Bonchev–Trinajstić information content (AvgIpc) is 3.27. The van der Waals surface area contributed by atoms with E-state index in [0.29, 0.717) is 12.5 Å². The zero-order valence-corrected chi connectivity index (χ0v) is 13.4. The van der Waals surface area contributed by atoms with E-state index in [1.807, 2.05) is 18.2 Å². The Morgan fingerprint density at radius 3 is 2.76 bits per heavy atom. The van der Waals surface area contributed by atoms with E-state index in [0.717, 1.165) is 28.6 Å². The van der Waals surface area contributed by atoms with Crippen LogP contribution in [0.25, 0.3) is 0 Å². The normalized spacial score (nSPS) is 22.2. The molecule has 1 saturated heterocycles. The number of nitrogens with one attached hydrogen (secondary N) is 1. The molecule has 0 aromatic heterocycles. The fourth-order valence-corrected chi connectivity index (χ4v) is 3.23. The molecule has 5 nitrogen and oxygen atoms in total. The van der Waals surface area contributed by atoms with Crippen molar-refractivity contribution in [1.29, 1.82) is 0 Å². The van der Waals surface area contributed by atoms with Crippen LogP contribution in [0.15, 0.2) is 22.7 Å². The number of carbonyl (C=O) groups is 2. The molecule has 1 atom stereocenters. The molecule has 1 aromatic carbocycles. The average molecular weight is 353 g/mol. The first-order valence-corrected chi connectivity index (χ1v) is 7.78. The molecular formula is C15H17BrN2O3. The standard InChI is InChI=1S/C15H17BrN2O3/c1-21-12-5-2-9(6-11(12)16)7-18-8-13(19)17-14(15(18)20)10-3-4-10/h2,5-6,10,14H,3-4,7-8H2,1H3,(H,17,19). The van der Waals surface area contributed by atoms with Gasteiger partial charge in [0.2, 0.25) is 11.8 Å². The molecule has 1 saturated carbocycles. The molecule has 6 heteroatoms. The molecule has 1 aromatic rings. The van der Waals surface area contributed by atoms with Crippen LogP contribution in [0.5, 0.6) is 5.75 Å². The van der Waals surface area contributed by atoms with Gasteiger partial charge in [-0.1, -0.05) is 6.07 Å². The maximum atomic E-state index is 12.4. The van der Waals surface area contributed by atoms with Crippen molar-refractivity contribution in [3.8, 4) is 5.75 Å². The molecule has 21 heavy (non-hydrogen) atoms. The molecular weight excluding hydrogens is 336 g/mol. The second-order valence-corrected chi connectivity index (χ2v) is 6.40. The van der Waals surface area contributed by atoms with Gasteiger partial charge in [-0.3, -0.25) is 9.59 Å². The van der Waals surface area contributed by atoms with E-state index in [-0.39, 0.29) is 24.4 Å². The predicted molar refractivity (Wildman–Crippen MR) is 80.8 cm³/mol. The number of piperazine rings is 1. The second-order valence-electron chi connectivity index (χ2n) is 5.55. The lowest BCUT2D eigenvalue weighted by Crippen LogP contribution is -2.58. The van der Waals surface area contributed by atoms with E-state index in [9.17, 15) is 9.59 Å². The lowest BCUT2D eigenvalue weighted by atomic mass is 10.1. The number of rotatable bonds is 4. The van der Waals surface area contributed by atoms with Crippen molar-refractivity contribution >= 4 is 27.7 Å². The SMILES string of the molecule is COc1ccc(CN2CC(=O)NC(C3CC3)C2=O)cc1Br. The summed E-state index contributed by atoms with van der Waals surface area (Å²) < 4.78 is 6.04. The van der Waals surface area contributed by atoms with E-state index < -0.39 is 0 Å². The Hall–Kier alpha value is -1.56. The smallest absolute Gasteiger partial charge is 0.246 e. The van der Waals surface area contributed by atoms with Crippen LogP contribution in [0.2, 0.25) is 0 Å². The third-order valence-corrected chi connectivity index (χ3v) is 4.53. The Morgan fingerprint density at radius 1 is 1.38 bits per heavy atom. The number of carbonyl (C=O) groups excluding carboxylic acids is 2. The van der Waals surface area contributed by atoms with Gasteiger partial charge in [-0.15, -0.1) is 0 Å². The molecule has 1 N–H and O–H groups in total. The number of nitrogens with zero attached hydrogens (tertiary/aromatic N) is 1. The Morgan fingerprint density at radius 2 is 2.14 bits per heavy atom. The molecule has 2 amide bonds. The van der Waals surface area contributed by atoms with Crippen molar-refractivity contribution in [2.45, 2.75) is 25.4 Å². The van der Waals surface area contributed by atoms with Crippen molar-refractivity contribution < 1.29 is 14.3 Å². The number of benzene rings is 1. The highest BCUT2D eigenvalue weighted by Crippen LogP contribution is 2.34. The van der Waals surface area contributed by atoms with Crippen LogP contribution in [0.4, 0.5) is 0 Å². The van der Waals surface area contributed by atoms with Crippen LogP contribution in [0, 0.1) is 5.92 Å². The number of hydrogen-bond acceptors (Lipinski definition) is 3. The number of halogens is 1. The molecule has 2 fully saturated rings. The van der Waals surface area contributed by atoms with Gasteiger partial charge < -0.3 is 15.0 Å². The first-order chi connectivity index (χ1) is 10.1. The summed E-state index contributed by atoms with van der Waals surface area (Å²) >= 11 is 3.44. The molecule has 112 valence electrons. The molecule has 0 spiro atoms. The van der Waals surface area contributed by atoms with E-state index >= 15 is 0 Å². The van der Waals surface area contributed by atoms with Crippen LogP contribution < -0.4 is 10.1 Å². The number of hydrogen-bond donors (Lipinski definition) is 1. The van der Waals surface area contributed by atoms with E-state index in [2.05, 4.69) is 21.2 Å². The molecule has 1 heterocycles.